The standard InChI is InChI=1S/C25H44O3Si/c1-7-13-24-14-11-12-21(23(24)25(16-15-24)26-17-18-27-25)22(19-20(5)6)28-29(8-2,9-3)10-4/h7,21-23H,1,5,8-19H2,2-4,6H3/t21-,22-,23-,24-/m0/s1. The van der Waals surface area contributed by atoms with E-state index in [0.717, 1.165) is 32.5 Å². The number of hydrogen-bond donors (Lipinski definition) is 0. The third-order valence-corrected chi connectivity index (χ3v) is 13.1. The average Bonchev–Trinajstić information content (AvgIpc) is 3.31. The van der Waals surface area contributed by atoms with Crippen molar-refractivity contribution in [1.29, 1.82) is 0 Å². The molecule has 0 radical (unpaired) electrons. The SMILES string of the molecule is C=CC[C@@]12CCC[C@@H]([C@H](CC(=C)C)O[Si](CC)(CC)CC)[C@@H]1C1(CC2)OCCO1. The first-order valence-corrected chi connectivity index (χ1v) is 14.6. The Labute approximate surface area is 180 Å². The second kappa shape index (κ2) is 9.38. The third-order valence-electron chi connectivity index (χ3n) is 8.43. The second-order valence-electron chi connectivity index (χ2n) is 9.96. The summed E-state index contributed by atoms with van der Waals surface area (Å²) in [7, 11) is -1.71. The Kier molecular flexibility index (Phi) is 7.52. The molecule has 4 atom stereocenters. The van der Waals surface area contributed by atoms with Crippen LogP contribution in [0.3, 0.4) is 0 Å². The van der Waals surface area contributed by atoms with Crippen molar-refractivity contribution >= 4 is 8.32 Å². The van der Waals surface area contributed by atoms with Gasteiger partial charge in [0.15, 0.2) is 14.1 Å². The van der Waals surface area contributed by atoms with Crippen molar-refractivity contribution in [1.82, 2.24) is 0 Å². The average molecular weight is 421 g/mol. The summed E-state index contributed by atoms with van der Waals surface area (Å²) in [4.78, 5) is 0. The molecule has 0 bridgehead atoms. The van der Waals surface area contributed by atoms with Crippen molar-refractivity contribution in [3.63, 3.8) is 0 Å². The minimum absolute atomic E-state index is 0.247. The molecule has 29 heavy (non-hydrogen) atoms. The van der Waals surface area contributed by atoms with Gasteiger partial charge in [-0.15, -0.1) is 13.2 Å². The van der Waals surface area contributed by atoms with Crippen LogP contribution in [-0.4, -0.2) is 33.4 Å². The van der Waals surface area contributed by atoms with E-state index in [1.165, 1.54) is 49.4 Å². The van der Waals surface area contributed by atoms with Gasteiger partial charge in [-0.3, -0.25) is 0 Å². The van der Waals surface area contributed by atoms with Crippen LogP contribution in [-0.2, 0) is 13.9 Å². The van der Waals surface area contributed by atoms with Gasteiger partial charge in [-0.25, -0.2) is 0 Å². The Morgan fingerprint density at radius 3 is 2.34 bits per heavy atom. The third kappa shape index (κ3) is 4.33. The topological polar surface area (TPSA) is 27.7 Å². The van der Waals surface area contributed by atoms with E-state index in [-0.39, 0.29) is 17.3 Å². The van der Waals surface area contributed by atoms with Crippen molar-refractivity contribution in [3.05, 3.63) is 24.8 Å². The number of ether oxygens (including phenoxy) is 2. The van der Waals surface area contributed by atoms with Crippen molar-refractivity contribution in [2.24, 2.45) is 17.3 Å². The van der Waals surface area contributed by atoms with Crippen LogP contribution in [0.1, 0.15) is 72.6 Å². The first kappa shape index (κ1) is 23.2. The largest absolute Gasteiger partial charge is 0.413 e. The van der Waals surface area contributed by atoms with E-state index in [1.807, 2.05) is 0 Å². The van der Waals surface area contributed by atoms with E-state index in [1.54, 1.807) is 0 Å². The molecule has 4 heteroatoms. The highest BCUT2D eigenvalue weighted by atomic mass is 28.4. The molecule has 1 aliphatic heterocycles. The molecule has 0 N–H and O–H groups in total. The van der Waals surface area contributed by atoms with Crippen molar-refractivity contribution in [2.75, 3.05) is 13.2 Å². The highest BCUT2D eigenvalue weighted by Crippen LogP contribution is 2.64. The maximum Gasteiger partial charge on any atom is 0.192 e. The zero-order valence-electron chi connectivity index (χ0n) is 19.4. The summed E-state index contributed by atoms with van der Waals surface area (Å²) >= 11 is 0. The highest BCUT2D eigenvalue weighted by molar-refractivity contribution is 6.73. The molecule has 0 aromatic carbocycles. The first-order valence-electron chi connectivity index (χ1n) is 12.1. The van der Waals surface area contributed by atoms with Crippen LogP contribution in [0.25, 0.3) is 0 Å². The van der Waals surface area contributed by atoms with Gasteiger partial charge in [0.2, 0.25) is 0 Å². The molecule has 1 spiro atoms. The normalized spacial score (nSPS) is 32.3. The van der Waals surface area contributed by atoms with E-state index < -0.39 is 8.32 Å². The van der Waals surface area contributed by atoms with E-state index in [0.29, 0.717) is 11.8 Å². The molecular weight excluding hydrogens is 376 g/mol. The van der Waals surface area contributed by atoms with Crippen LogP contribution in [0.5, 0.6) is 0 Å². The lowest BCUT2D eigenvalue weighted by Crippen LogP contribution is -2.53. The van der Waals surface area contributed by atoms with Gasteiger partial charge in [-0.1, -0.05) is 38.8 Å². The summed E-state index contributed by atoms with van der Waals surface area (Å²) in [6.07, 6.45) is 10.4. The fourth-order valence-electron chi connectivity index (χ4n) is 6.88. The molecule has 0 aromatic heterocycles. The number of fused-ring (bicyclic) bond motifs is 2. The van der Waals surface area contributed by atoms with Crippen LogP contribution in [0.15, 0.2) is 24.8 Å². The lowest BCUT2D eigenvalue weighted by molar-refractivity contribution is -0.223. The smallest absolute Gasteiger partial charge is 0.192 e. The van der Waals surface area contributed by atoms with Crippen molar-refractivity contribution < 1.29 is 13.9 Å². The van der Waals surface area contributed by atoms with Crippen LogP contribution in [0.2, 0.25) is 18.1 Å². The molecule has 3 fully saturated rings. The predicted molar refractivity (Wildman–Crippen MR) is 123 cm³/mol. The molecule has 3 rings (SSSR count). The molecule has 2 aliphatic carbocycles. The zero-order valence-corrected chi connectivity index (χ0v) is 20.4. The Hall–Kier alpha value is -0.423. The Balaban J connectivity index is 1.98. The molecule has 0 unspecified atom stereocenters. The minimum Gasteiger partial charge on any atom is -0.413 e. The van der Waals surface area contributed by atoms with Crippen LogP contribution >= 0.6 is 0 Å². The van der Waals surface area contributed by atoms with Gasteiger partial charge >= 0.3 is 0 Å². The summed E-state index contributed by atoms with van der Waals surface area (Å²) in [5.41, 5.74) is 1.50. The molecule has 1 saturated heterocycles. The fraction of sp³-hybridized carbons (Fsp3) is 0.840. The van der Waals surface area contributed by atoms with Gasteiger partial charge in [0.25, 0.3) is 0 Å². The maximum atomic E-state index is 7.21. The number of hydrogen-bond acceptors (Lipinski definition) is 3. The minimum atomic E-state index is -1.71. The zero-order chi connectivity index (χ0) is 21.1. The molecular formula is C25H44O3Si. The Bertz CT molecular complexity index is 570. The predicted octanol–water partition coefficient (Wildman–Crippen LogP) is 6.86. The summed E-state index contributed by atoms with van der Waals surface area (Å²) in [6.45, 7) is 19.0. The van der Waals surface area contributed by atoms with Gasteiger partial charge in [0.1, 0.15) is 0 Å². The quantitative estimate of drug-likeness (QED) is 0.285. The van der Waals surface area contributed by atoms with E-state index in [9.17, 15) is 0 Å². The van der Waals surface area contributed by atoms with E-state index in [4.69, 9.17) is 13.9 Å². The van der Waals surface area contributed by atoms with Gasteiger partial charge in [-0.2, -0.15) is 0 Å². The summed E-state index contributed by atoms with van der Waals surface area (Å²) < 4.78 is 20.0. The highest BCUT2D eigenvalue weighted by Gasteiger charge is 2.64. The monoisotopic (exact) mass is 420 g/mol. The molecule has 0 amide bonds. The number of rotatable bonds is 10. The molecule has 0 aromatic rings. The van der Waals surface area contributed by atoms with Crippen LogP contribution in [0, 0.1) is 17.3 Å². The summed E-state index contributed by atoms with van der Waals surface area (Å²) in [5, 5.41) is 0. The number of allylic oxidation sites excluding steroid dienone is 1. The van der Waals surface area contributed by atoms with Crippen LogP contribution in [0.4, 0.5) is 0 Å². The van der Waals surface area contributed by atoms with Gasteiger partial charge in [0.05, 0.1) is 19.3 Å². The van der Waals surface area contributed by atoms with Gasteiger partial charge in [-0.05, 0) is 68.5 Å². The summed E-state index contributed by atoms with van der Waals surface area (Å²) in [6, 6.07) is 3.58. The Morgan fingerprint density at radius 2 is 1.79 bits per heavy atom. The van der Waals surface area contributed by atoms with Gasteiger partial charge in [0, 0.05) is 12.3 Å². The Morgan fingerprint density at radius 1 is 1.14 bits per heavy atom. The molecule has 1 heterocycles. The molecule has 2 saturated carbocycles. The van der Waals surface area contributed by atoms with Gasteiger partial charge < -0.3 is 13.9 Å². The van der Waals surface area contributed by atoms with Crippen molar-refractivity contribution in [2.45, 2.75) is 103 Å². The first-order chi connectivity index (χ1) is 13.9. The lowest BCUT2D eigenvalue weighted by Gasteiger charge is -2.51. The maximum absolute atomic E-state index is 7.21. The fourth-order valence-corrected chi connectivity index (χ4v) is 9.78. The molecule has 3 aliphatic rings. The lowest BCUT2D eigenvalue weighted by atomic mass is 9.59. The van der Waals surface area contributed by atoms with E-state index >= 15 is 0 Å². The van der Waals surface area contributed by atoms with Crippen molar-refractivity contribution in [3.8, 4) is 0 Å². The molecule has 3 nitrogen and oxygen atoms in total. The summed E-state index contributed by atoms with van der Waals surface area (Å²) in [5.74, 6) is 0.503. The second-order valence-corrected chi connectivity index (χ2v) is 14.7. The van der Waals surface area contributed by atoms with E-state index in [2.05, 4.69) is 46.9 Å². The van der Waals surface area contributed by atoms with Crippen LogP contribution < -0.4 is 0 Å². The molecule has 166 valence electrons.